The van der Waals surface area contributed by atoms with Gasteiger partial charge < -0.3 is 24.1 Å². The second-order valence-corrected chi connectivity index (χ2v) is 7.10. The number of hydrogen-bond donors (Lipinski definition) is 2. The Morgan fingerprint density at radius 2 is 2.07 bits per heavy atom. The van der Waals surface area contributed by atoms with Gasteiger partial charge in [0.25, 0.3) is 5.91 Å². The van der Waals surface area contributed by atoms with Crippen LogP contribution in [0.4, 0.5) is 0 Å². The van der Waals surface area contributed by atoms with Gasteiger partial charge >= 0.3 is 5.63 Å². The molecule has 0 atom stereocenters. The first-order valence-corrected chi connectivity index (χ1v) is 10.0. The number of nitrogens with one attached hydrogen (secondary N) is 2. The molecule has 1 aromatic carbocycles. The Kier molecular flexibility index (Phi) is 7.45. The summed E-state index contributed by atoms with van der Waals surface area (Å²) in [6.45, 7) is 7.40. The minimum atomic E-state index is -0.367. The van der Waals surface area contributed by atoms with Gasteiger partial charge in [-0.2, -0.15) is 0 Å². The number of rotatable bonds is 9. The fourth-order valence-corrected chi connectivity index (χ4v) is 3.45. The molecule has 1 amide bonds. The Balaban J connectivity index is 1.46. The van der Waals surface area contributed by atoms with Gasteiger partial charge in [-0.05, 0) is 24.1 Å². The maximum Gasteiger partial charge on any atom is 0.336 e. The molecular formula is C21H29N2O5+. The third-order valence-corrected chi connectivity index (χ3v) is 4.92. The SMILES string of the molecule is CCCc1cc(=O)oc2cc(OCC(=O)NCCC[NH+]3CCOCC3)ccc12. The molecule has 2 heterocycles. The summed E-state index contributed by atoms with van der Waals surface area (Å²) in [6, 6.07) is 6.89. The fourth-order valence-electron chi connectivity index (χ4n) is 3.45. The number of morpholine rings is 1. The number of carbonyl (C=O) groups is 1. The molecule has 1 aliphatic heterocycles. The van der Waals surface area contributed by atoms with E-state index >= 15 is 0 Å². The summed E-state index contributed by atoms with van der Waals surface area (Å²) in [6.07, 6.45) is 2.70. The van der Waals surface area contributed by atoms with Gasteiger partial charge in [0, 0.05) is 30.5 Å². The van der Waals surface area contributed by atoms with E-state index in [1.165, 1.54) is 4.90 Å². The van der Waals surface area contributed by atoms with Crippen LogP contribution in [0.5, 0.6) is 5.75 Å². The Bertz CT molecular complexity index is 842. The first kappa shape index (κ1) is 20.4. The van der Waals surface area contributed by atoms with Gasteiger partial charge in [-0.25, -0.2) is 4.79 Å². The van der Waals surface area contributed by atoms with E-state index in [1.54, 1.807) is 18.2 Å². The molecule has 0 radical (unpaired) electrons. The lowest BCUT2D eigenvalue weighted by Crippen LogP contribution is -3.14. The molecule has 2 N–H and O–H groups in total. The minimum absolute atomic E-state index is 0.0607. The van der Waals surface area contributed by atoms with Crippen LogP contribution in [0.3, 0.4) is 0 Å². The van der Waals surface area contributed by atoms with E-state index in [0.29, 0.717) is 17.9 Å². The summed E-state index contributed by atoms with van der Waals surface area (Å²) in [5, 5.41) is 3.79. The summed E-state index contributed by atoms with van der Waals surface area (Å²) in [5.74, 6) is 0.357. The zero-order valence-electron chi connectivity index (χ0n) is 16.4. The Labute approximate surface area is 164 Å². The summed E-state index contributed by atoms with van der Waals surface area (Å²) < 4.78 is 16.2. The highest BCUT2D eigenvalue weighted by Crippen LogP contribution is 2.23. The van der Waals surface area contributed by atoms with Crippen LogP contribution < -0.4 is 20.6 Å². The molecular weight excluding hydrogens is 360 g/mol. The van der Waals surface area contributed by atoms with Crippen molar-refractivity contribution in [1.82, 2.24) is 5.32 Å². The topological polar surface area (TPSA) is 82.2 Å². The van der Waals surface area contributed by atoms with Gasteiger partial charge in [0.2, 0.25) is 0 Å². The number of benzene rings is 1. The molecule has 28 heavy (non-hydrogen) atoms. The van der Waals surface area contributed by atoms with Gasteiger partial charge in [0.05, 0.1) is 19.8 Å². The van der Waals surface area contributed by atoms with Gasteiger partial charge in [0.15, 0.2) is 6.61 Å². The zero-order valence-corrected chi connectivity index (χ0v) is 16.4. The highest BCUT2D eigenvalue weighted by Gasteiger charge is 2.13. The normalized spacial score (nSPS) is 14.9. The highest BCUT2D eigenvalue weighted by atomic mass is 16.5. The minimum Gasteiger partial charge on any atom is -0.484 e. The molecule has 0 spiro atoms. The van der Waals surface area contributed by atoms with Gasteiger partial charge in [-0.15, -0.1) is 0 Å². The average molecular weight is 389 g/mol. The molecule has 0 bridgehead atoms. The van der Waals surface area contributed by atoms with E-state index in [0.717, 1.165) is 63.1 Å². The molecule has 7 heteroatoms. The van der Waals surface area contributed by atoms with Gasteiger partial charge in [-0.1, -0.05) is 13.3 Å². The largest absolute Gasteiger partial charge is 0.484 e. The van der Waals surface area contributed by atoms with Crippen molar-refractivity contribution in [2.45, 2.75) is 26.2 Å². The van der Waals surface area contributed by atoms with E-state index in [1.807, 2.05) is 6.07 Å². The van der Waals surface area contributed by atoms with Crippen LogP contribution in [0.15, 0.2) is 33.5 Å². The van der Waals surface area contributed by atoms with E-state index in [-0.39, 0.29) is 18.1 Å². The number of carbonyl (C=O) groups excluding carboxylic acids is 1. The van der Waals surface area contributed by atoms with Gasteiger partial charge in [-0.3, -0.25) is 4.79 Å². The summed E-state index contributed by atoms with van der Waals surface area (Å²) >= 11 is 0. The fraction of sp³-hybridized carbons (Fsp3) is 0.524. The molecule has 0 saturated carbocycles. The average Bonchev–Trinajstić information content (AvgIpc) is 2.70. The maximum absolute atomic E-state index is 12.0. The standard InChI is InChI=1S/C21H28N2O5/c1-2-4-16-13-21(25)28-19-14-17(5-6-18(16)19)27-15-20(24)22-7-3-8-23-9-11-26-12-10-23/h5-6,13-14H,2-4,7-12,15H2,1H3,(H,22,24)/p+1. The summed E-state index contributed by atoms with van der Waals surface area (Å²) in [5.41, 5.74) is 1.09. The van der Waals surface area contributed by atoms with E-state index in [2.05, 4.69) is 12.2 Å². The van der Waals surface area contributed by atoms with Crippen molar-refractivity contribution in [3.63, 3.8) is 0 Å². The maximum atomic E-state index is 12.0. The lowest BCUT2D eigenvalue weighted by molar-refractivity contribution is -0.908. The lowest BCUT2D eigenvalue weighted by atomic mass is 10.1. The number of amides is 1. The van der Waals surface area contributed by atoms with Crippen LogP contribution in [-0.4, -0.2) is 51.9 Å². The highest BCUT2D eigenvalue weighted by molar-refractivity contribution is 5.82. The van der Waals surface area contributed by atoms with Crippen LogP contribution in [0.2, 0.25) is 0 Å². The molecule has 1 aliphatic rings. The molecule has 0 aliphatic carbocycles. The van der Waals surface area contributed by atoms with Crippen molar-refractivity contribution >= 4 is 16.9 Å². The van der Waals surface area contributed by atoms with Crippen molar-refractivity contribution in [2.24, 2.45) is 0 Å². The number of fused-ring (bicyclic) bond motifs is 1. The van der Waals surface area contributed by atoms with E-state index in [4.69, 9.17) is 13.9 Å². The second-order valence-electron chi connectivity index (χ2n) is 7.10. The quantitative estimate of drug-likeness (QED) is 0.483. The monoisotopic (exact) mass is 389 g/mol. The third-order valence-electron chi connectivity index (χ3n) is 4.92. The number of hydrogen-bond acceptors (Lipinski definition) is 5. The number of ether oxygens (including phenoxy) is 2. The van der Waals surface area contributed by atoms with Crippen LogP contribution in [0.1, 0.15) is 25.3 Å². The summed E-state index contributed by atoms with van der Waals surface area (Å²) in [7, 11) is 0. The molecule has 7 nitrogen and oxygen atoms in total. The van der Waals surface area contributed by atoms with Crippen molar-refractivity contribution in [2.75, 3.05) is 46.0 Å². The Hall–Kier alpha value is -2.38. The molecule has 0 unspecified atom stereocenters. The second kappa shape index (κ2) is 10.2. The molecule has 1 fully saturated rings. The van der Waals surface area contributed by atoms with Crippen LogP contribution in [0, 0.1) is 0 Å². The Morgan fingerprint density at radius 3 is 2.86 bits per heavy atom. The van der Waals surface area contributed by atoms with Crippen molar-refractivity contribution in [1.29, 1.82) is 0 Å². The smallest absolute Gasteiger partial charge is 0.336 e. The molecule has 2 aromatic rings. The van der Waals surface area contributed by atoms with Crippen molar-refractivity contribution in [3.8, 4) is 5.75 Å². The molecule has 1 aromatic heterocycles. The predicted molar refractivity (Wildman–Crippen MR) is 106 cm³/mol. The van der Waals surface area contributed by atoms with Crippen molar-refractivity contribution < 1.29 is 23.6 Å². The Morgan fingerprint density at radius 1 is 1.25 bits per heavy atom. The van der Waals surface area contributed by atoms with Gasteiger partial charge in [0.1, 0.15) is 24.4 Å². The predicted octanol–water partition coefficient (Wildman–Crippen LogP) is 0.546. The summed E-state index contributed by atoms with van der Waals surface area (Å²) in [4.78, 5) is 25.3. The lowest BCUT2D eigenvalue weighted by Gasteiger charge is -2.23. The molecule has 1 saturated heterocycles. The van der Waals surface area contributed by atoms with Crippen LogP contribution in [-0.2, 0) is 16.0 Å². The first-order chi connectivity index (χ1) is 13.7. The van der Waals surface area contributed by atoms with Crippen LogP contribution >= 0.6 is 0 Å². The number of aryl methyl sites for hydroxylation is 1. The van der Waals surface area contributed by atoms with E-state index in [9.17, 15) is 9.59 Å². The first-order valence-electron chi connectivity index (χ1n) is 10.0. The molecule has 152 valence electrons. The van der Waals surface area contributed by atoms with Crippen LogP contribution in [0.25, 0.3) is 11.0 Å². The number of quaternary nitrogens is 1. The molecule has 3 rings (SSSR count). The zero-order chi connectivity index (χ0) is 19.8. The van der Waals surface area contributed by atoms with E-state index < -0.39 is 0 Å². The van der Waals surface area contributed by atoms with Crippen molar-refractivity contribution in [3.05, 3.63) is 40.2 Å². The third kappa shape index (κ3) is 5.81.